The van der Waals surface area contributed by atoms with Crippen molar-refractivity contribution in [3.05, 3.63) is 34.9 Å². The lowest BCUT2D eigenvalue weighted by Gasteiger charge is -2.32. The maximum Gasteiger partial charge on any atom is 0.0894 e. The van der Waals surface area contributed by atoms with Crippen LogP contribution in [-0.4, -0.2) is 6.67 Å². The molecule has 0 aromatic heterocycles. The molecular weight excluding hydrogens is 379 g/mol. The van der Waals surface area contributed by atoms with Gasteiger partial charge in [0.05, 0.1) is 6.67 Å². The number of rotatable bonds is 11. The third-order valence-corrected chi connectivity index (χ3v) is 8.14. The molecule has 29 heavy (non-hydrogen) atoms. The number of halogens is 2. The van der Waals surface area contributed by atoms with E-state index >= 15 is 0 Å². The molecule has 0 bridgehead atoms. The molecule has 0 spiro atoms. The fourth-order valence-corrected chi connectivity index (χ4v) is 5.98. The van der Waals surface area contributed by atoms with E-state index < -0.39 is 0 Å². The molecule has 0 amide bonds. The molecule has 2 aliphatic carbocycles. The van der Waals surface area contributed by atoms with Gasteiger partial charge in [0, 0.05) is 5.02 Å². The Hall–Kier alpha value is -0.560. The first kappa shape index (κ1) is 23.1. The van der Waals surface area contributed by atoms with Gasteiger partial charge in [-0.15, -0.1) is 0 Å². The van der Waals surface area contributed by atoms with Gasteiger partial charge in [-0.25, -0.2) is 0 Å². The molecule has 0 saturated heterocycles. The van der Waals surface area contributed by atoms with Crippen LogP contribution in [0, 0.1) is 17.8 Å². The highest BCUT2D eigenvalue weighted by molar-refractivity contribution is 6.30. The van der Waals surface area contributed by atoms with Gasteiger partial charge in [0.25, 0.3) is 0 Å². The van der Waals surface area contributed by atoms with Crippen LogP contribution >= 0.6 is 11.6 Å². The number of alkyl halides is 1. The van der Waals surface area contributed by atoms with Crippen LogP contribution in [0.5, 0.6) is 0 Å². The summed E-state index contributed by atoms with van der Waals surface area (Å²) in [7, 11) is 0. The Kier molecular flexibility index (Phi) is 10.3. The lowest BCUT2D eigenvalue weighted by Crippen LogP contribution is -2.17. The van der Waals surface area contributed by atoms with Gasteiger partial charge < -0.3 is 0 Å². The summed E-state index contributed by atoms with van der Waals surface area (Å²) in [4.78, 5) is 0. The van der Waals surface area contributed by atoms with Crippen molar-refractivity contribution < 1.29 is 4.39 Å². The largest absolute Gasteiger partial charge is 0.251 e. The predicted octanol–water partition coefficient (Wildman–Crippen LogP) is 9.51. The second-order valence-corrected chi connectivity index (χ2v) is 10.4. The quantitative estimate of drug-likeness (QED) is 0.312. The molecule has 2 heteroatoms. The van der Waals surface area contributed by atoms with Crippen LogP contribution in [0.4, 0.5) is 4.39 Å². The first-order chi connectivity index (χ1) is 14.2. The van der Waals surface area contributed by atoms with Crippen molar-refractivity contribution in [1.82, 2.24) is 0 Å². The lowest BCUT2D eigenvalue weighted by molar-refractivity contribution is 0.222. The van der Waals surface area contributed by atoms with Crippen molar-refractivity contribution in [3.8, 4) is 0 Å². The monoisotopic (exact) mass is 420 g/mol. The SMILES string of the molecule is FCCCCCCCC1CCC(CCC2CCC(c3ccc(Cl)cc3)CC2)CC1. The summed E-state index contributed by atoms with van der Waals surface area (Å²) in [6.45, 7) is -0.131. The smallest absolute Gasteiger partial charge is 0.0894 e. The zero-order chi connectivity index (χ0) is 20.3. The average molecular weight is 421 g/mol. The molecule has 2 aliphatic rings. The van der Waals surface area contributed by atoms with Crippen molar-refractivity contribution in [1.29, 1.82) is 0 Å². The van der Waals surface area contributed by atoms with E-state index in [4.69, 9.17) is 11.6 Å². The minimum atomic E-state index is -0.131. The van der Waals surface area contributed by atoms with Crippen LogP contribution in [0.1, 0.15) is 114 Å². The van der Waals surface area contributed by atoms with Crippen molar-refractivity contribution in [2.75, 3.05) is 6.67 Å². The molecule has 0 atom stereocenters. The Bertz CT molecular complexity index is 538. The summed E-state index contributed by atoms with van der Waals surface area (Å²) < 4.78 is 12.1. The van der Waals surface area contributed by atoms with Gasteiger partial charge in [-0.3, -0.25) is 4.39 Å². The van der Waals surface area contributed by atoms with E-state index in [1.807, 2.05) is 12.1 Å². The van der Waals surface area contributed by atoms with E-state index in [1.165, 1.54) is 95.5 Å². The molecule has 1 aromatic rings. The molecule has 2 fully saturated rings. The average Bonchev–Trinajstić information content (AvgIpc) is 2.76. The molecule has 0 unspecified atom stereocenters. The highest BCUT2D eigenvalue weighted by Crippen LogP contribution is 2.40. The van der Waals surface area contributed by atoms with Crippen molar-refractivity contribution in [3.63, 3.8) is 0 Å². The second kappa shape index (κ2) is 13.0. The van der Waals surface area contributed by atoms with Gasteiger partial charge in [-0.2, -0.15) is 0 Å². The van der Waals surface area contributed by atoms with E-state index in [1.54, 1.807) is 0 Å². The van der Waals surface area contributed by atoms with E-state index in [-0.39, 0.29) is 6.67 Å². The van der Waals surface area contributed by atoms with E-state index in [2.05, 4.69) is 12.1 Å². The minimum absolute atomic E-state index is 0.131. The highest BCUT2D eigenvalue weighted by Gasteiger charge is 2.25. The minimum Gasteiger partial charge on any atom is -0.251 e. The summed E-state index contributed by atoms with van der Waals surface area (Å²) in [6.07, 6.45) is 21.6. The summed E-state index contributed by atoms with van der Waals surface area (Å²) in [5.74, 6) is 3.73. The van der Waals surface area contributed by atoms with Crippen LogP contribution in [-0.2, 0) is 0 Å². The molecule has 1 aromatic carbocycles. The molecule has 3 rings (SSSR count). The highest BCUT2D eigenvalue weighted by atomic mass is 35.5. The second-order valence-electron chi connectivity index (χ2n) is 9.98. The van der Waals surface area contributed by atoms with Gasteiger partial charge in [0.2, 0.25) is 0 Å². The molecule has 0 heterocycles. The number of benzene rings is 1. The van der Waals surface area contributed by atoms with Crippen molar-refractivity contribution >= 4 is 11.6 Å². The number of hydrogen-bond acceptors (Lipinski definition) is 0. The Morgan fingerprint density at radius 1 is 0.621 bits per heavy atom. The van der Waals surface area contributed by atoms with E-state index in [0.717, 1.165) is 41.5 Å². The van der Waals surface area contributed by atoms with Crippen molar-refractivity contribution in [2.24, 2.45) is 17.8 Å². The maximum atomic E-state index is 12.1. The third kappa shape index (κ3) is 8.23. The van der Waals surface area contributed by atoms with E-state index in [0.29, 0.717) is 0 Å². The first-order valence-corrected chi connectivity index (χ1v) is 12.9. The molecule has 0 N–H and O–H groups in total. The number of hydrogen-bond donors (Lipinski definition) is 0. The summed E-state index contributed by atoms with van der Waals surface area (Å²) in [6, 6.07) is 8.56. The van der Waals surface area contributed by atoms with Crippen molar-refractivity contribution in [2.45, 2.75) is 109 Å². The zero-order valence-corrected chi connectivity index (χ0v) is 19.2. The predicted molar refractivity (Wildman–Crippen MR) is 125 cm³/mol. The Morgan fingerprint density at radius 2 is 1.10 bits per heavy atom. The Balaban J connectivity index is 1.23. The zero-order valence-electron chi connectivity index (χ0n) is 18.4. The van der Waals surface area contributed by atoms with Crippen LogP contribution in [0.2, 0.25) is 5.02 Å². The third-order valence-electron chi connectivity index (χ3n) is 7.88. The van der Waals surface area contributed by atoms with Gasteiger partial charge in [0.15, 0.2) is 0 Å². The summed E-state index contributed by atoms with van der Waals surface area (Å²) in [5, 5.41) is 0.853. The summed E-state index contributed by atoms with van der Waals surface area (Å²) >= 11 is 6.03. The Morgan fingerprint density at radius 3 is 1.69 bits per heavy atom. The number of unbranched alkanes of at least 4 members (excludes halogenated alkanes) is 4. The van der Waals surface area contributed by atoms with Crippen LogP contribution < -0.4 is 0 Å². The van der Waals surface area contributed by atoms with Crippen LogP contribution in [0.25, 0.3) is 0 Å². The fourth-order valence-electron chi connectivity index (χ4n) is 5.86. The molecule has 0 aliphatic heterocycles. The maximum absolute atomic E-state index is 12.1. The lowest BCUT2D eigenvalue weighted by atomic mass is 9.74. The molecule has 0 radical (unpaired) electrons. The fraction of sp³-hybridized carbons (Fsp3) is 0.778. The van der Waals surface area contributed by atoms with Gasteiger partial charge in [0.1, 0.15) is 0 Å². The Labute approximate surface area is 184 Å². The topological polar surface area (TPSA) is 0 Å². The van der Waals surface area contributed by atoms with Crippen LogP contribution in [0.3, 0.4) is 0 Å². The first-order valence-electron chi connectivity index (χ1n) is 12.6. The van der Waals surface area contributed by atoms with Gasteiger partial charge in [-0.1, -0.05) is 94.4 Å². The molecule has 164 valence electrons. The molecule has 0 nitrogen and oxygen atoms in total. The van der Waals surface area contributed by atoms with E-state index in [9.17, 15) is 4.39 Å². The standard InChI is InChI=1S/C27H42ClF/c28-27-19-17-26(18-20-27)25-15-13-24(14-16-25)12-11-23-9-7-22(8-10-23)6-4-2-1-3-5-21-29/h17-20,22-25H,1-16,21H2. The summed E-state index contributed by atoms with van der Waals surface area (Å²) in [5.41, 5.74) is 1.49. The van der Waals surface area contributed by atoms with Crippen LogP contribution in [0.15, 0.2) is 24.3 Å². The van der Waals surface area contributed by atoms with Gasteiger partial charge in [-0.05, 0) is 73.5 Å². The normalized spacial score (nSPS) is 27.8. The molecular formula is C27H42ClF. The van der Waals surface area contributed by atoms with Gasteiger partial charge >= 0.3 is 0 Å². The molecule has 2 saturated carbocycles.